The number of benzene rings is 1. The summed E-state index contributed by atoms with van der Waals surface area (Å²) in [6.07, 6.45) is 1.09. The number of halogens is 1. The summed E-state index contributed by atoms with van der Waals surface area (Å²) in [5, 5.41) is 2.73. The number of anilines is 1. The molecule has 0 atom stereocenters. The molecule has 1 aliphatic rings. The Morgan fingerprint density at radius 2 is 1.62 bits per heavy atom. The Kier molecular flexibility index (Phi) is 4.04. The van der Waals surface area contributed by atoms with E-state index in [0.29, 0.717) is 5.69 Å². The van der Waals surface area contributed by atoms with Crippen molar-refractivity contribution >= 4 is 28.3 Å². The second-order valence-electron chi connectivity index (χ2n) is 6.73. The molecule has 1 N–H and O–H groups in total. The Balaban J connectivity index is 1.96. The van der Waals surface area contributed by atoms with E-state index in [-0.39, 0.29) is 33.6 Å². The number of nitrogens with one attached hydrogen (secondary N) is 1. The fourth-order valence-corrected chi connectivity index (χ4v) is 3.41. The molecule has 0 aliphatic heterocycles. The number of rotatable bonds is 2. The van der Waals surface area contributed by atoms with E-state index in [4.69, 9.17) is 0 Å². The molecule has 0 unspecified atom stereocenters. The van der Waals surface area contributed by atoms with Crippen LogP contribution in [-0.2, 0) is 14.1 Å². The number of hydrogen-bond acceptors (Lipinski definition) is 6. The van der Waals surface area contributed by atoms with Crippen LogP contribution in [0.2, 0.25) is 0 Å². The van der Waals surface area contributed by atoms with E-state index in [2.05, 4.69) is 10.3 Å². The summed E-state index contributed by atoms with van der Waals surface area (Å²) in [6, 6.07) is 5.30. The van der Waals surface area contributed by atoms with E-state index in [1.165, 1.54) is 45.3 Å². The molecule has 1 aromatic carbocycles. The number of carbonyl (C=O) groups is 2. The fraction of sp³-hybridized carbons (Fsp3) is 0.150. The number of ketones is 2. The minimum Gasteiger partial charge on any atom is -0.352 e. The van der Waals surface area contributed by atoms with Crippen LogP contribution in [0.25, 0.3) is 11.0 Å². The highest BCUT2D eigenvalue weighted by Gasteiger charge is 2.32. The summed E-state index contributed by atoms with van der Waals surface area (Å²) in [4.78, 5) is 55.2. The van der Waals surface area contributed by atoms with E-state index in [9.17, 15) is 23.6 Å². The van der Waals surface area contributed by atoms with Crippen molar-refractivity contribution in [2.24, 2.45) is 14.1 Å². The molecule has 0 fully saturated rings. The zero-order valence-corrected chi connectivity index (χ0v) is 15.7. The van der Waals surface area contributed by atoms with Crippen LogP contribution in [0, 0.1) is 12.7 Å². The van der Waals surface area contributed by atoms with Crippen LogP contribution < -0.4 is 16.6 Å². The Bertz CT molecular complexity index is 1380. The van der Waals surface area contributed by atoms with Gasteiger partial charge in [0.05, 0.1) is 27.9 Å². The Hall–Kier alpha value is -3.88. The molecular weight excluding hydrogens is 379 g/mol. The molecule has 0 bridgehead atoms. The van der Waals surface area contributed by atoms with Crippen LogP contribution >= 0.6 is 0 Å². The van der Waals surface area contributed by atoms with Crippen molar-refractivity contribution in [3.8, 4) is 0 Å². The molecule has 8 nitrogen and oxygen atoms in total. The second kappa shape index (κ2) is 6.33. The number of aryl methyl sites for hydroxylation is 2. The lowest BCUT2D eigenvalue weighted by Crippen LogP contribution is -2.39. The molecule has 0 radical (unpaired) electrons. The number of pyridine rings is 1. The highest BCUT2D eigenvalue weighted by atomic mass is 19.1. The van der Waals surface area contributed by atoms with Gasteiger partial charge in [0.25, 0.3) is 5.56 Å². The minimum absolute atomic E-state index is 0.00496. The van der Waals surface area contributed by atoms with E-state index in [0.717, 1.165) is 15.2 Å². The highest BCUT2D eigenvalue weighted by Crippen LogP contribution is 2.28. The van der Waals surface area contributed by atoms with Gasteiger partial charge in [-0.1, -0.05) is 0 Å². The van der Waals surface area contributed by atoms with Gasteiger partial charge >= 0.3 is 5.69 Å². The summed E-state index contributed by atoms with van der Waals surface area (Å²) in [7, 11) is 2.73. The largest absolute Gasteiger partial charge is 0.352 e. The van der Waals surface area contributed by atoms with Gasteiger partial charge in [0.2, 0.25) is 5.78 Å². The summed E-state index contributed by atoms with van der Waals surface area (Å²) in [6.45, 7) is 1.53. The number of carbonyl (C=O) groups excluding carboxylic acids is 2. The average molecular weight is 394 g/mol. The Morgan fingerprint density at radius 1 is 0.966 bits per heavy atom. The van der Waals surface area contributed by atoms with Gasteiger partial charge in [-0.15, -0.1) is 0 Å². The average Bonchev–Trinajstić information content (AvgIpc) is 2.69. The van der Waals surface area contributed by atoms with E-state index in [1.54, 1.807) is 0 Å². The van der Waals surface area contributed by atoms with Crippen molar-refractivity contribution in [2.45, 2.75) is 6.92 Å². The zero-order chi connectivity index (χ0) is 21.0. The first-order valence-electron chi connectivity index (χ1n) is 8.64. The third-order valence-corrected chi connectivity index (χ3v) is 4.89. The second-order valence-corrected chi connectivity index (χ2v) is 6.73. The van der Waals surface area contributed by atoms with Crippen LogP contribution in [-0.4, -0.2) is 25.7 Å². The lowest BCUT2D eigenvalue weighted by Gasteiger charge is -2.20. The van der Waals surface area contributed by atoms with Gasteiger partial charge in [-0.3, -0.25) is 23.5 Å². The van der Waals surface area contributed by atoms with Gasteiger partial charge in [-0.05, 0) is 31.2 Å². The monoisotopic (exact) mass is 394 g/mol. The first-order valence-corrected chi connectivity index (χ1v) is 8.64. The molecule has 146 valence electrons. The van der Waals surface area contributed by atoms with Gasteiger partial charge in [0.1, 0.15) is 11.5 Å². The van der Waals surface area contributed by atoms with Gasteiger partial charge in [0.15, 0.2) is 5.78 Å². The van der Waals surface area contributed by atoms with Crippen molar-refractivity contribution in [3.05, 3.63) is 79.5 Å². The van der Waals surface area contributed by atoms with Crippen LogP contribution in [0.3, 0.4) is 0 Å². The molecule has 2 heterocycles. The standard InChI is InChI=1S/C20H15FN4O4/c1-9-14-15(16-18(22-9)24(2)20(29)25(3)19(16)28)13(26)8-12(17(14)27)23-11-6-4-10(21)5-7-11/h4-8,23H,1-3H3. The molecule has 0 spiro atoms. The van der Waals surface area contributed by atoms with Crippen molar-refractivity contribution in [1.82, 2.24) is 14.1 Å². The maximum absolute atomic E-state index is 13.1. The summed E-state index contributed by atoms with van der Waals surface area (Å²) < 4.78 is 15.1. The molecule has 3 aromatic rings. The number of allylic oxidation sites excluding steroid dienone is 2. The van der Waals surface area contributed by atoms with Crippen LogP contribution in [0.1, 0.15) is 26.4 Å². The smallest absolute Gasteiger partial charge is 0.332 e. The lowest BCUT2D eigenvalue weighted by atomic mass is 9.89. The number of Topliss-reactive ketones (excluding diaryl/α,β-unsaturated/α-hetero) is 1. The highest BCUT2D eigenvalue weighted by molar-refractivity contribution is 6.29. The summed E-state index contributed by atoms with van der Waals surface area (Å²) in [5.74, 6) is -1.52. The van der Waals surface area contributed by atoms with Crippen LogP contribution in [0.5, 0.6) is 0 Å². The third-order valence-electron chi connectivity index (χ3n) is 4.89. The number of aromatic nitrogens is 3. The molecule has 29 heavy (non-hydrogen) atoms. The van der Waals surface area contributed by atoms with Crippen LogP contribution in [0.4, 0.5) is 10.1 Å². The van der Waals surface area contributed by atoms with E-state index < -0.39 is 28.6 Å². The number of hydrogen-bond donors (Lipinski definition) is 1. The van der Waals surface area contributed by atoms with Crippen molar-refractivity contribution < 1.29 is 14.0 Å². The van der Waals surface area contributed by atoms with Crippen molar-refractivity contribution in [1.29, 1.82) is 0 Å². The zero-order valence-electron chi connectivity index (χ0n) is 15.7. The minimum atomic E-state index is -0.698. The molecule has 0 amide bonds. The molecule has 1 aliphatic carbocycles. The predicted molar refractivity (Wildman–Crippen MR) is 104 cm³/mol. The topological polar surface area (TPSA) is 103 Å². The van der Waals surface area contributed by atoms with Gasteiger partial charge in [-0.25, -0.2) is 14.2 Å². The first kappa shape index (κ1) is 18.5. The first-order chi connectivity index (χ1) is 13.7. The fourth-order valence-electron chi connectivity index (χ4n) is 3.41. The van der Waals surface area contributed by atoms with Gasteiger partial charge in [-0.2, -0.15) is 0 Å². The Morgan fingerprint density at radius 3 is 2.28 bits per heavy atom. The van der Waals surface area contributed by atoms with Crippen LogP contribution in [0.15, 0.2) is 45.6 Å². The molecule has 4 rings (SSSR count). The molecule has 0 saturated heterocycles. The van der Waals surface area contributed by atoms with E-state index >= 15 is 0 Å². The van der Waals surface area contributed by atoms with Crippen molar-refractivity contribution in [2.75, 3.05) is 5.32 Å². The Labute approximate surface area is 162 Å². The molecule has 2 aromatic heterocycles. The molecule has 9 heteroatoms. The lowest BCUT2D eigenvalue weighted by molar-refractivity contribution is 0.0985. The molecule has 0 saturated carbocycles. The summed E-state index contributed by atoms with van der Waals surface area (Å²) in [5.41, 5.74) is -0.676. The van der Waals surface area contributed by atoms with Gasteiger partial charge in [0, 0.05) is 25.9 Å². The number of fused-ring (bicyclic) bond motifs is 3. The normalized spacial score (nSPS) is 13.4. The predicted octanol–water partition coefficient (Wildman–Crippen LogP) is 1.45. The quantitative estimate of drug-likeness (QED) is 0.706. The number of nitrogens with zero attached hydrogens (tertiary/aromatic N) is 3. The SMILES string of the molecule is Cc1nc2c(c3c1C(=O)C(Nc1ccc(F)cc1)=CC3=O)c(=O)n(C)c(=O)n2C. The summed E-state index contributed by atoms with van der Waals surface area (Å²) >= 11 is 0. The third kappa shape index (κ3) is 2.70. The van der Waals surface area contributed by atoms with E-state index in [1.807, 2.05) is 0 Å². The maximum Gasteiger partial charge on any atom is 0.332 e. The molecular formula is C20H15FN4O4. The van der Waals surface area contributed by atoms with Gasteiger partial charge < -0.3 is 5.32 Å². The maximum atomic E-state index is 13.1. The van der Waals surface area contributed by atoms with Crippen molar-refractivity contribution in [3.63, 3.8) is 0 Å².